The van der Waals surface area contributed by atoms with Gasteiger partial charge >= 0.3 is 11.9 Å². The minimum atomic E-state index is -1.000. The van der Waals surface area contributed by atoms with Crippen LogP contribution in [0.4, 0.5) is 0 Å². The van der Waals surface area contributed by atoms with Crippen LogP contribution in [0.1, 0.15) is 80.1 Å². The monoisotopic (exact) mass is 428 g/mol. The van der Waals surface area contributed by atoms with Gasteiger partial charge < -0.3 is 9.47 Å². The van der Waals surface area contributed by atoms with Crippen molar-refractivity contribution in [3.05, 3.63) is 23.3 Å². The van der Waals surface area contributed by atoms with Crippen molar-refractivity contribution < 1.29 is 23.9 Å². The Morgan fingerprint density at radius 2 is 1.58 bits per heavy atom. The Morgan fingerprint density at radius 1 is 0.903 bits per heavy atom. The van der Waals surface area contributed by atoms with Crippen molar-refractivity contribution in [3.8, 4) is 0 Å². The maximum absolute atomic E-state index is 12.9. The lowest BCUT2D eigenvalue weighted by Gasteiger charge is -2.58. The predicted molar refractivity (Wildman–Crippen MR) is 117 cm³/mol. The summed E-state index contributed by atoms with van der Waals surface area (Å²) in [7, 11) is 0. The van der Waals surface area contributed by atoms with Gasteiger partial charge in [0.2, 0.25) is 0 Å². The summed E-state index contributed by atoms with van der Waals surface area (Å²) in [6, 6.07) is 0. The van der Waals surface area contributed by atoms with Gasteiger partial charge in [0, 0.05) is 19.3 Å². The highest BCUT2D eigenvalue weighted by Crippen LogP contribution is 2.68. The lowest BCUT2D eigenvalue weighted by Crippen LogP contribution is -2.58. The minimum absolute atomic E-state index is 0.0173. The van der Waals surface area contributed by atoms with Crippen molar-refractivity contribution in [1.29, 1.82) is 0 Å². The highest BCUT2D eigenvalue weighted by atomic mass is 16.6. The van der Waals surface area contributed by atoms with Crippen LogP contribution in [0, 0.1) is 28.6 Å². The summed E-state index contributed by atoms with van der Waals surface area (Å²) in [5.41, 5.74) is 1.29. The van der Waals surface area contributed by atoms with Gasteiger partial charge in [-0.2, -0.15) is 0 Å². The third kappa shape index (κ3) is 3.14. The standard InChI is InChI=1S/C26H36O5/c1-15-13-20-21(24(5)10-7-19(14-23(15)24)30-17(3)28)8-11-25(6)22(20)9-12-26(25,16(2)27)31-18(4)29/h13-14,19-22H,7-12H2,1-6H3/t19-,20?,21?,22?,24+,25-,26-/m0/s1. The highest BCUT2D eigenvalue weighted by molar-refractivity contribution is 5.89. The molecule has 2 fully saturated rings. The fraction of sp³-hybridized carbons (Fsp3) is 0.731. The van der Waals surface area contributed by atoms with Crippen molar-refractivity contribution in [2.24, 2.45) is 28.6 Å². The Balaban J connectivity index is 1.73. The number of rotatable bonds is 3. The summed E-state index contributed by atoms with van der Waals surface area (Å²) < 4.78 is 11.4. The number of ketones is 1. The first-order valence-electron chi connectivity index (χ1n) is 11.7. The molecule has 4 rings (SSSR count). The molecule has 31 heavy (non-hydrogen) atoms. The third-order valence-corrected chi connectivity index (χ3v) is 9.26. The molecule has 170 valence electrons. The molecule has 0 saturated heterocycles. The van der Waals surface area contributed by atoms with Crippen LogP contribution in [0.15, 0.2) is 23.3 Å². The zero-order chi connectivity index (χ0) is 22.8. The molecule has 2 saturated carbocycles. The summed E-state index contributed by atoms with van der Waals surface area (Å²) in [6.45, 7) is 11.2. The van der Waals surface area contributed by atoms with Crippen LogP contribution in [0.25, 0.3) is 0 Å². The van der Waals surface area contributed by atoms with E-state index in [2.05, 4.69) is 32.9 Å². The number of fused-ring (bicyclic) bond motifs is 5. The summed E-state index contributed by atoms with van der Waals surface area (Å²) in [5, 5.41) is 0. The predicted octanol–water partition coefficient (Wildman–Crippen LogP) is 4.94. The molecule has 5 nitrogen and oxygen atoms in total. The summed E-state index contributed by atoms with van der Waals surface area (Å²) in [5.74, 6) is 0.550. The second-order valence-electron chi connectivity index (χ2n) is 10.8. The number of hydrogen-bond acceptors (Lipinski definition) is 5. The van der Waals surface area contributed by atoms with Gasteiger partial charge in [-0.3, -0.25) is 14.4 Å². The largest absolute Gasteiger partial charge is 0.458 e. The van der Waals surface area contributed by atoms with Crippen LogP contribution in [0.2, 0.25) is 0 Å². The number of hydrogen-bond donors (Lipinski definition) is 0. The number of carbonyl (C=O) groups excluding carboxylic acids is 3. The van der Waals surface area contributed by atoms with E-state index in [9.17, 15) is 14.4 Å². The van der Waals surface area contributed by atoms with Crippen LogP contribution in [0.5, 0.6) is 0 Å². The Bertz CT molecular complexity index is 884. The van der Waals surface area contributed by atoms with Crippen molar-refractivity contribution in [2.75, 3.05) is 0 Å². The first-order valence-corrected chi connectivity index (χ1v) is 11.7. The lowest BCUT2D eigenvalue weighted by molar-refractivity contribution is -0.185. The Kier molecular flexibility index (Phi) is 5.26. The first kappa shape index (κ1) is 22.3. The van der Waals surface area contributed by atoms with E-state index in [4.69, 9.17) is 9.47 Å². The number of allylic oxidation sites excluding steroid dienone is 3. The average Bonchev–Trinajstić information content (AvgIpc) is 2.96. The van der Waals surface area contributed by atoms with E-state index < -0.39 is 5.60 Å². The molecule has 5 heteroatoms. The van der Waals surface area contributed by atoms with E-state index in [1.54, 1.807) is 6.92 Å². The zero-order valence-corrected chi connectivity index (χ0v) is 19.7. The van der Waals surface area contributed by atoms with E-state index in [1.807, 2.05) is 0 Å². The Morgan fingerprint density at radius 3 is 2.19 bits per heavy atom. The number of esters is 2. The quantitative estimate of drug-likeness (QED) is 0.596. The van der Waals surface area contributed by atoms with Gasteiger partial charge in [0.05, 0.1) is 0 Å². The first-order chi connectivity index (χ1) is 14.4. The van der Waals surface area contributed by atoms with Crippen LogP contribution >= 0.6 is 0 Å². The molecule has 0 heterocycles. The highest BCUT2D eigenvalue weighted by Gasteiger charge is 2.67. The molecule has 4 aliphatic rings. The fourth-order valence-corrected chi connectivity index (χ4v) is 7.92. The molecule has 0 aromatic rings. The van der Waals surface area contributed by atoms with Gasteiger partial charge in [-0.1, -0.05) is 25.5 Å². The summed E-state index contributed by atoms with van der Waals surface area (Å²) in [6.07, 6.45) is 9.69. The number of Topliss-reactive ketones (excluding diaryl/α,β-unsaturated/α-hetero) is 1. The van der Waals surface area contributed by atoms with Crippen molar-refractivity contribution in [1.82, 2.24) is 0 Å². The van der Waals surface area contributed by atoms with E-state index in [1.165, 1.54) is 25.0 Å². The van der Waals surface area contributed by atoms with E-state index in [0.29, 0.717) is 24.2 Å². The van der Waals surface area contributed by atoms with Gasteiger partial charge in [0.15, 0.2) is 11.4 Å². The summed E-state index contributed by atoms with van der Waals surface area (Å²) >= 11 is 0. The summed E-state index contributed by atoms with van der Waals surface area (Å²) in [4.78, 5) is 36.3. The van der Waals surface area contributed by atoms with Gasteiger partial charge in [-0.25, -0.2) is 0 Å². The molecule has 7 atom stereocenters. The Labute approximate surface area is 185 Å². The van der Waals surface area contributed by atoms with Crippen molar-refractivity contribution in [2.45, 2.75) is 91.8 Å². The van der Waals surface area contributed by atoms with Gasteiger partial charge in [-0.15, -0.1) is 0 Å². The van der Waals surface area contributed by atoms with Crippen LogP contribution in [0.3, 0.4) is 0 Å². The molecule has 0 bridgehead atoms. The molecule has 0 spiro atoms. The molecule has 4 aliphatic carbocycles. The van der Waals surface area contributed by atoms with Crippen LogP contribution < -0.4 is 0 Å². The molecule has 0 aromatic heterocycles. The second kappa shape index (κ2) is 7.31. The van der Waals surface area contributed by atoms with Crippen LogP contribution in [-0.4, -0.2) is 29.4 Å². The molecule has 0 amide bonds. The maximum Gasteiger partial charge on any atom is 0.303 e. The van der Waals surface area contributed by atoms with Crippen molar-refractivity contribution >= 4 is 17.7 Å². The van der Waals surface area contributed by atoms with Gasteiger partial charge in [-0.05, 0) is 87.2 Å². The van der Waals surface area contributed by atoms with Crippen molar-refractivity contribution in [3.63, 3.8) is 0 Å². The van der Waals surface area contributed by atoms with Crippen LogP contribution in [-0.2, 0) is 23.9 Å². The normalized spacial score (nSPS) is 43.5. The molecular formula is C26H36O5. The maximum atomic E-state index is 12.9. The second-order valence-corrected chi connectivity index (χ2v) is 10.8. The molecule has 0 radical (unpaired) electrons. The number of carbonyl (C=O) groups is 3. The van der Waals surface area contributed by atoms with E-state index >= 15 is 0 Å². The van der Waals surface area contributed by atoms with Gasteiger partial charge in [0.1, 0.15) is 6.10 Å². The van der Waals surface area contributed by atoms with E-state index in [-0.39, 0.29) is 34.7 Å². The smallest absolute Gasteiger partial charge is 0.303 e. The molecular weight excluding hydrogens is 392 g/mol. The third-order valence-electron chi connectivity index (χ3n) is 9.26. The minimum Gasteiger partial charge on any atom is -0.458 e. The van der Waals surface area contributed by atoms with Gasteiger partial charge in [0.25, 0.3) is 0 Å². The Hall–Kier alpha value is -1.91. The lowest BCUT2D eigenvalue weighted by atomic mass is 9.47. The van der Waals surface area contributed by atoms with E-state index in [0.717, 1.165) is 32.1 Å². The molecule has 0 aromatic carbocycles. The molecule has 3 unspecified atom stereocenters. The SMILES string of the molecule is CC(=O)O[C@@H]1C=C2C(C)=CC3C(CC[C@@]4(C)C3CC[C@]4(OC(C)=O)C(C)=O)[C@@]2(C)CC1. The average molecular weight is 429 g/mol. The molecule has 0 N–H and O–H groups in total. The number of ether oxygens (including phenoxy) is 2. The zero-order valence-electron chi connectivity index (χ0n) is 19.7. The molecule has 0 aliphatic heterocycles. The topological polar surface area (TPSA) is 69.7 Å². The fourth-order valence-electron chi connectivity index (χ4n) is 7.92.